The standard InChI is InChI=1S/C21H26N4O2/c1-16(20(26)25-10-9-22-21(25)27)24-13-11-23(12-14-24)15-18-7-4-6-17-5-2-3-8-19(17)18/h2-8,16H,9-15H2,1H3,(H,22,27)/p+2/t16-/m1/s1. The average molecular weight is 368 g/mol. The number of fused-ring (bicyclic) bond motifs is 1. The van der Waals surface area contributed by atoms with Crippen molar-refractivity contribution in [3.8, 4) is 0 Å². The van der Waals surface area contributed by atoms with Gasteiger partial charge < -0.3 is 15.1 Å². The SMILES string of the molecule is C[C@H](C(=O)N1CCNC1=O)[NH+]1CC[NH+](Cc2cccc3ccccc23)CC1. The topological polar surface area (TPSA) is 58.3 Å². The Morgan fingerprint density at radius 3 is 2.59 bits per heavy atom. The van der Waals surface area contributed by atoms with Crippen molar-refractivity contribution in [2.24, 2.45) is 0 Å². The molecular weight excluding hydrogens is 340 g/mol. The van der Waals surface area contributed by atoms with Crippen molar-refractivity contribution in [1.29, 1.82) is 0 Å². The number of benzene rings is 2. The van der Waals surface area contributed by atoms with Gasteiger partial charge in [0.25, 0.3) is 5.91 Å². The van der Waals surface area contributed by atoms with Crippen LogP contribution in [-0.4, -0.2) is 62.1 Å². The fourth-order valence-electron chi connectivity index (χ4n) is 4.34. The van der Waals surface area contributed by atoms with Crippen LogP contribution in [0.5, 0.6) is 0 Å². The fourth-order valence-corrected chi connectivity index (χ4v) is 4.34. The van der Waals surface area contributed by atoms with Gasteiger partial charge in [-0.15, -0.1) is 0 Å². The number of quaternary nitrogens is 2. The minimum Gasteiger partial charge on any atom is -0.336 e. The second-order valence-electron chi connectivity index (χ2n) is 7.67. The van der Waals surface area contributed by atoms with E-state index < -0.39 is 0 Å². The molecule has 2 heterocycles. The molecule has 1 atom stereocenters. The molecule has 4 rings (SSSR count). The highest BCUT2D eigenvalue weighted by Crippen LogP contribution is 2.17. The van der Waals surface area contributed by atoms with Gasteiger partial charge in [-0.05, 0) is 17.7 Å². The van der Waals surface area contributed by atoms with E-state index in [-0.39, 0.29) is 18.0 Å². The summed E-state index contributed by atoms with van der Waals surface area (Å²) < 4.78 is 0. The Labute approximate surface area is 159 Å². The second kappa shape index (κ2) is 7.66. The van der Waals surface area contributed by atoms with Crippen molar-refractivity contribution in [1.82, 2.24) is 10.2 Å². The average Bonchev–Trinajstić information content (AvgIpc) is 3.13. The molecule has 0 spiro atoms. The smallest absolute Gasteiger partial charge is 0.324 e. The molecule has 2 aromatic rings. The number of carbonyl (C=O) groups excluding carboxylic acids is 2. The van der Waals surface area contributed by atoms with E-state index in [2.05, 4.69) is 47.8 Å². The first kappa shape index (κ1) is 17.9. The highest BCUT2D eigenvalue weighted by Gasteiger charge is 2.37. The van der Waals surface area contributed by atoms with Crippen LogP contribution in [0.3, 0.4) is 0 Å². The second-order valence-corrected chi connectivity index (χ2v) is 7.67. The van der Waals surface area contributed by atoms with Crippen LogP contribution in [0.1, 0.15) is 12.5 Å². The van der Waals surface area contributed by atoms with Crippen molar-refractivity contribution in [2.75, 3.05) is 39.3 Å². The van der Waals surface area contributed by atoms with Crippen LogP contribution >= 0.6 is 0 Å². The van der Waals surface area contributed by atoms with Gasteiger partial charge in [0.15, 0.2) is 6.04 Å². The monoisotopic (exact) mass is 368 g/mol. The van der Waals surface area contributed by atoms with Crippen LogP contribution in [0, 0.1) is 0 Å². The third-order valence-electron chi connectivity index (χ3n) is 6.03. The molecule has 6 heteroatoms. The minimum atomic E-state index is -0.244. The summed E-state index contributed by atoms with van der Waals surface area (Å²) in [5.41, 5.74) is 1.39. The highest BCUT2D eigenvalue weighted by atomic mass is 16.2. The van der Waals surface area contributed by atoms with Crippen LogP contribution in [0.15, 0.2) is 42.5 Å². The molecule has 0 aliphatic carbocycles. The van der Waals surface area contributed by atoms with Crippen molar-refractivity contribution in [2.45, 2.75) is 19.5 Å². The van der Waals surface area contributed by atoms with E-state index in [1.54, 1.807) is 4.90 Å². The molecule has 0 unspecified atom stereocenters. The number of hydrogen-bond donors (Lipinski definition) is 3. The molecule has 0 saturated carbocycles. The molecule has 6 nitrogen and oxygen atoms in total. The van der Waals surface area contributed by atoms with Gasteiger partial charge in [-0.2, -0.15) is 0 Å². The number of nitrogens with zero attached hydrogens (tertiary/aromatic N) is 1. The minimum absolute atomic E-state index is 0.0440. The maximum atomic E-state index is 12.6. The summed E-state index contributed by atoms with van der Waals surface area (Å²) in [4.78, 5) is 28.6. The summed E-state index contributed by atoms with van der Waals surface area (Å²) in [7, 11) is 0. The van der Waals surface area contributed by atoms with Crippen LogP contribution in [0.4, 0.5) is 4.79 Å². The van der Waals surface area contributed by atoms with Gasteiger partial charge in [-0.25, -0.2) is 4.79 Å². The molecule has 0 bridgehead atoms. The van der Waals surface area contributed by atoms with Crippen LogP contribution in [-0.2, 0) is 11.3 Å². The van der Waals surface area contributed by atoms with Gasteiger partial charge in [0.1, 0.15) is 32.7 Å². The zero-order valence-corrected chi connectivity index (χ0v) is 15.8. The predicted octanol–water partition coefficient (Wildman–Crippen LogP) is -0.936. The molecule has 2 saturated heterocycles. The fraction of sp³-hybridized carbons (Fsp3) is 0.429. The zero-order chi connectivity index (χ0) is 18.8. The Morgan fingerprint density at radius 2 is 1.85 bits per heavy atom. The molecule has 0 aromatic heterocycles. The van der Waals surface area contributed by atoms with Gasteiger partial charge >= 0.3 is 6.03 Å². The Bertz CT molecular complexity index is 840. The van der Waals surface area contributed by atoms with Crippen molar-refractivity contribution >= 4 is 22.7 Å². The molecular formula is C21H28N4O2+2. The van der Waals surface area contributed by atoms with E-state index in [0.29, 0.717) is 13.1 Å². The van der Waals surface area contributed by atoms with Crippen molar-refractivity contribution in [3.05, 3.63) is 48.0 Å². The Hall–Kier alpha value is -2.44. The van der Waals surface area contributed by atoms with E-state index in [0.717, 1.165) is 32.7 Å². The number of carbonyl (C=O) groups is 2. The molecule has 2 fully saturated rings. The van der Waals surface area contributed by atoms with Gasteiger partial charge in [-0.3, -0.25) is 9.69 Å². The lowest BCUT2D eigenvalue weighted by atomic mass is 10.0. The third-order valence-corrected chi connectivity index (χ3v) is 6.03. The first-order valence-corrected chi connectivity index (χ1v) is 9.87. The molecule has 2 aliphatic heterocycles. The summed E-state index contributed by atoms with van der Waals surface area (Å²) >= 11 is 0. The molecule has 2 aromatic carbocycles. The van der Waals surface area contributed by atoms with E-state index in [1.807, 2.05) is 6.92 Å². The number of rotatable bonds is 4. The third kappa shape index (κ3) is 3.68. The lowest BCUT2D eigenvalue weighted by Gasteiger charge is -2.33. The molecule has 27 heavy (non-hydrogen) atoms. The molecule has 3 amide bonds. The summed E-state index contributed by atoms with van der Waals surface area (Å²) in [6.07, 6.45) is 0. The Balaban J connectivity index is 1.36. The first-order chi connectivity index (χ1) is 13.1. The van der Waals surface area contributed by atoms with Crippen LogP contribution in [0.25, 0.3) is 10.8 Å². The van der Waals surface area contributed by atoms with Gasteiger partial charge in [0.05, 0.1) is 0 Å². The molecule has 3 N–H and O–H groups in total. The summed E-state index contributed by atoms with van der Waals surface area (Å²) in [6.45, 7) is 8.05. The number of hydrogen-bond acceptors (Lipinski definition) is 2. The molecule has 0 radical (unpaired) electrons. The number of nitrogens with one attached hydrogen (secondary N) is 3. The largest absolute Gasteiger partial charge is 0.336 e. The van der Waals surface area contributed by atoms with E-state index in [4.69, 9.17) is 0 Å². The summed E-state index contributed by atoms with van der Waals surface area (Å²) in [6, 6.07) is 14.7. The summed E-state index contributed by atoms with van der Waals surface area (Å²) in [5, 5.41) is 5.34. The van der Waals surface area contributed by atoms with E-state index in [9.17, 15) is 9.59 Å². The number of amides is 3. The van der Waals surface area contributed by atoms with E-state index >= 15 is 0 Å². The Kier molecular flexibility index (Phi) is 5.09. The Morgan fingerprint density at radius 1 is 1.11 bits per heavy atom. The lowest BCUT2D eigenvalue weighted by Crippen LogP contribution is -3.29. The van der Waals surface area contributed by atoms with E-state index in [1.165, 1.54) is 26.1 Å². The number of urea groups is 1. The predicted molar refractivity (Wildman–Crippen MR) is 104 cm³/mol. The number of piperazine rings is 1. The molecule has 142 valence electrons. The zero-order valence-electron chi connectivity index (χ0n) is 15.8. The van der Waals surface area contributed by atoms with Crippen molar-refractivity contribution < 1.29 is 19.4 Å². The van der Waals surface area contributed by atoms with Crippen LogP contribution in [0.2, 0.25) is 0 Å². The maximum Gasteiger partial charge on any atom is 0.324 e. The normalized spacial score (nSPS) is 24.0. The maximum absolute atomic E-state index is 12.6. The lowest BCUT2D eigenvalue weighted by molar-refractivity contribution is -1.02. The van der Waals surface area contributed by atoms with Crippen LogP contribution < -0.4 is 15.1 Å². The van der Waals surface area contributed by atoms with Gasteiger partial charge in [0.2, 0.25) is 0 Å². The summed E-state index contributed by atoms with van der Waals surface area (Å²) in [5.74, 6) is -0.0440. The van der Waals surface area contributed by atoms with Gasteiger partial charge in [0, 0.05) is 18.7 Å². The van der Waals surface area contributed by atoms with Crippen molar-refractivity contribution in [3.63, 3.8) is 0 Å². The van der Waals surface area contributed by atoms with Gasteiger partial charge in [-0.1, -0.05) is 42.5 Å². The highest BCUT2D eigenvalue weighted by molar-refractivity contribution is 5.97. The number of imide groups is 1. The first-order valence-electron chi connectivity index (χ1n) is 9.87. The molecule has 2 aliphatic rings. The quantitative estimate of drug-likeness (QED) is 0.653.